The Bertz CT molecular complexity index is 1180. The van der Waals surface area contributed by atoms with Crippen molar-refractivity contribution in [3.05, 3.63) is 53.9 Å². The second kappa shape index (κ2) is 7.88. The summed E-state index contributed by atoms with van der Waals surface area (Å²) in [7, 11) is 3.09. The van der Waals surface area contributed by atoms with Crippen LogP contribution >= 0.6 is 11.3 Å². The molecule has 8 nitrogen and oxygen atoms in total. The zero-order chi connectivity index (χ0) is 20.4. The summed E-state index contributed by atoms with van der Waals surface area (Å²) in [5, 5.41) is 16.6. The third-order valence-corrected chi connectivity index (χ3v) is 5.37. The minimum atomic E-state index is -0.288. The van der Waals surface area contributed by atoms with Crippen molar-refractivity contribution in [2.75, 3.05) is 19.5 Å². The number of ether oxygens (including phenoxy) is 2. The van der Waals surface area contributed by atoms with Crippen LogP contribution in [0.3, 0.4) is 0 Å². The van der Waals surface area contributed by atoms with E-state index in [1.807, 2.05) is 25.1 Å². The summed E-state index contributed by atoms with van der Waals surface area (Å²) in [6.07, 6.45) is 0.743. The van der Waals surface area contributed by atoms with E-state index in [2.05, 4.69) is 20.6 Å². The zero-order valence-electron chi connectivity index (χ0n) is 16.2. The largest absolute Gasteiger partial charge is 0.496 e. The second-order valence-electron chi connectivity index (χ2n) is 6.14. The minimum absolute atomic E-state index is 0.288. The minimum Gasteiger partial charge on any atom is -0.496 e. The molecular weight excluding hydrogens is 390 g/mol. The van der Waals surface area contributed by atoms with E-state index in [-0.39, 0.29) is 5.91 Å². The lowest BCUT2D eigenvalue weighted by Gasteiger charge is -2.13. The number of para-hydroxylation sites is 1. The molecule has 2 aromatic carbocycles. The highest BCUT2D eigenvalue weighted by Gasteiger charge is 2.17. The fraction of sp³-hybridized carbons (Fsp3) is 0.200. The van der Waals surface area contributed by atoms with Gasteiger partial charge in [-0.25, -0.2) is 0 Å². The number of fused-ring (bicyclic) bond motifs is 1. The third kappa shape index (κ3) is 3.52. The lowest BCUT2D eigenvalue weighted by molar-refractivity contribution is 0.102. The summed E-state index contributed by atoms with van der Waals surface area (Å²) in [4.78, 5) is 13.5. The summed E-state index contributed by atoms with van der Waals surface area (Å²) < 4.78 is 12.5. The number of aryl methyl sites for hydroxylation is 1. The van der Waals surface area contributed by atoms with Crippen LogP contribution in [0.2, 0.25) is 0 Å². The van der Waals surface area contributed by atoms with Gasteiger partial charge in [-0.3, -0.25) is 4.79 Å². The summed E-state index contributed by atoms with van der Waals surface area (Å²) in [5.41, 5.74) is 1.83. The molecule has 29 heavy (non-hydrogen) atoms. The Morgan fingerprint density at radius 1 is 1.10 bits per heavy atom. The maximum atomic E-state index is 12.8. The van der Waals surface area contributed by atoms with E-state index < -0.39 is 0 Å². The van der Waals surface area contributed by atoms with E-state index in [1.165, 1.54) is 18.4 Å². The molecule has 9 heteroatoms. The predicted octanol–water partition coefficient (Wildman–Crippen LogP) is 3.68. The monoisotopic (exact) mass is 409 g/mol. The predicted molar refractivity (Wildman–Crippen MR) is 111 cm³/mol. The van der Waals surface area contributed by atoms with Crippen LogP contribution in [0.5, 0.6) is 11.5 Å². The van der Waals surface area contributed by atoms with Crippen molar-refractivity contribution in [2.45, 2.75) is 13.3 Å². The molecule has 1 amide bonds. The van der Waals surface area contributed by atoms with E-state index >= 15 is 0 Å². The number of rotatable bonds is 6. The number of hydrogen-bond donors (Lipinski definition) is 1. The highest BCUT2D eigenvalue weighted by Crippen LogP contribution is 2.33. The Hall–Kier alpha value is -3.46. The number of amides is 1. The van der Waals surface area contributed by atoms with E-state index in [1.54, 1.807) is 35.9 Å². The van der Waals surface area contributed by atoms with E-state index in [0.717, 1.165) is 27.8 Å². The lowest BCUT2D eigenvalue weighted by atomic mass is 10.1. The molecule has 0 radical (unpaired) electrons. The quantitative estimate of drug-likeness (QED) is 0.522. The highest BCUT2D eigenvalue weighted by atomic mass is 32.1. The molecule has 148 valence electrons. The van der Waals surface area contributed by atoms with Gasteiger partial charge in [-0.2, -0.15) is 9.61 Å². The van der Waals surface area contributed by atoms with Gasteiger partial charge in [-0.1, -0.05) is 30.4 Å². The maximum Gasteiger partial charge on any atom is 0.259 e. The summed E-state index contributed by atoms with van der Waals surface area (Å²) in [6.45, 7) is 2.01. The van der Waals surface area contributed by atoms with Gasteiger partial charge in [0.25, 0.3) is 5.91 Å². The normalized spacial score (nSPS) is 10.9. The average Bonchev–Trinajstić information content (AvgIpc) is 3.34. The van der Waals surface area contributed by atoms with E-state index in [4.69, 9.17) is 9.47 Å². The first kappa shape index (κ1) is 18.9. The fourth-order valence-electron chi connectivity index (χ4n) is 2.96. The van der Waals surface area contributed by atoms with Crippen LogP contribution in [0.15, 0.2) is 42.5 Å². The molecule has 0 unspecified atom stereocenters. The van der Waals surface area contributed by atoms with Gasteiger partial charge in [0.2, 0.25) is 4.96 Å². The number of aromatic nitrogens is 4. The number of nitrogens with one attached hydrogen (secondary N) is 1. The van der Waals surface area contributed by atoms with Crippen molar-refractivity contribution in [3.8, 4) is 22.1 Å². The number of benzene rings is 2. The van der Waals surface area contributed by atoms with Crippen molar-refractivity contribution in [1.29, 1.82) is 0 Å². The Labute approximate surface area is 171 Å². The average molecular weight is 409 g/mol. The number of methoxy groups -OCH3 is 2. The van der Waals surface area contributed by atoms with Crippen LogP contribution in [-0.4, -0.2) is 39.9 Å². The number of carbonyl (C=O) groups excluding carboxylic acids is 1. The van der Waals surface area contributed by atoms with E-state index in [0.29, 0.717) is 22.7 Å². The standard InChI is InChI=1S/C20H19N5O3S/c1-4-17-22-23-20-25(17)24-19(29-20)12-9-10-16(28-3)14(11-12)21-18(26)13-7-5-6-8-15(13)27-2/h5-11H,4H2,1-3H3,(H,21,26). The van der Waals surface area contributed by atoms with Gasteiger partial charge in [0.15, 0.2) is 5.82 Å². The molecule has 0 aliphatic heterocycles. The van der Waals surface area contributed by atoms with E-state index in [9.17, 15) is 4.79 Å². The molecule has 0 saturated carbocycles. The molecule has 0 atom stereocenters. The Morgan fingerprint density at radius 2 is 1.90 bits per heavy atom. The number of carbonyl (C=O) groups is 1. The Balaban J connectivity index is 1.69. The van der Waals surface area contributed by atoms with Gasteiger partial charge in [0.1, 0.15) is 16.5 Å². The van der Waals surface area contributed by atoms with Crippen molar-refractivity contribution in [2.24, 2.45) is 0 Å². The summed E-state index contributed by atoms with van der Waals surface area (Å²) in [5.74, 6) is 1.57. The van der Waals surface area contributed by atoms with Crippen LogP contribution in [0.25, 0.3) is 15.5 Å². The Morgan fingerprint density at radius 3 is 2.66 bits per heavy atom. The Kier molecular flexibility index (Phi) is 5.13. The molecule has 1 N–H and O–H groups in total. The van der Waals surface area contributed by atoms with Gasteiger partial charge in [0.05, 0.1) is 25.5 Å². The van der Waals surface area contributed by atoms with Crippen molar-refractivity contribution in [3.63, 3.8) is 0 Å². The first-order chi connectivity index (χ1) is 14.1. The molecule has 0 aliphatic rings. The molecule has 4 rings (SSSR count). The summed E-state index contributed by atoms with van der Waals surface area (Å²) >= 11 is 1.43. The number of hydrogen-bond acceptors (Lipinski definition) is 7. The second-order valence-corrected chi connectivity index (χ2v) is 7.10. The van der Waals surface area contributed by atoms with Crippen molar-refractivity contribution >= 4 is 27.9 Å². The van der Waals surface area contributed by atoms with Crippen LogP contribution < -0.4 is 14.8 Å². The molecule has 0 aliphatic carbocycles. The number of nitrogens with zero attached hydrogens (tertiary/aromatic N) is 4. The molecule has 2 heterocycles. The van der Waals surface area contributed by atoms with Gasteiger partial charge in [0, 0.05) is 12.0 Å². The van der Waals surface area contributed by atoms with Crippen LogP contribution in [0.1, 0.15) is 23.1 Å². The first-order valence-electron chi connectivity index (χ1n) is 8.98. The van der Waals surface area contributed by atoms with Gasteiger partial charge >= 0.3 is 0 Å². The SMILES string of the molecule is CCc1nnc2sc(-c3ccc(OC)c(NC(=O)c4ccccc4OC)c3)nn12. The van der Waals surface area contributed by atoms with Crippen molar-refractivity contribution in [1.82, 2.24) is 19.8 Å². The molecule has 2 aromatic heterocycles. The highest BCUT2D eigenvalue weighted by molar-refractivity contribution is 7.19. The molecular formula is C20H19N5O3S. The molecule has 4 aromatic rings. The smallest absolute Gasteiger partial charge is 0.259 e. The van der Waals surface area contributed by atoms with Gasteiger partial charge < -0.3 is 14.8 Å². The zero-order valence-corrected chi connectivity index (χ0v) is 17.0. The summed E-state index contributed by atoms with van der Waals surface area (Å²) in [6, 6.07) is 12.6. The van der Waals surface area contributed by atoms with Crippen LogP contribution in [0, 0.1) is 0 Å². The molecule has 0 saturated heterocycles. The topological polar surface area (TPSA) is 90.6 Å². The van der Waals surface area contributed by atoms with Gasteiger partial charge in [-0.15, -0.1) is 10.2 Å². The molecule has 0 bridgehead atoms. The van der Waals surface area contributed by atoms with Crippen molar-refractivity contribution < 1.29 is 14.3 Å². The molecule has 0 fully saturated rings. The maximum absolute atomic E-state index is 12.8. The number of anilines is 1. The molecule has 0 spiro atoms. The lowest BCUT2D eigenvalue weighted by Crippen LogP contribution is -2.14. The van der Waals surface area contributed by atoms with Gasteiger partial charge in [-0.05, 0) is 30.3 Å². The first-order valence-corrected chi connectivity index (χ1v) is 9.80. The third-order valence-electron chi connectivity index (χ3n) is 4.42. The van der Waals surface area contributed by atoms with Crippen LogP contribution in [0.4, 0.5) is 5.69 Å². The van der Waals surface area contributed by atoms with Crippen LogP contribution in [-0.2, 0) is 6.42 Å². The fourth-order valence-corrected chi connectivity index (χ4v) is 3.81.